The van der Waals surface area contributed by atoms with Gasteiger partial charge < -0.3 is 14.8 Å². The van der Waals surface area contributed by atoms with E-state index in [1.165, 1.54) is 24.2 Å². The zero-order valence-corrected chi connectivity index (χ0v) is 19.5. The molecule has 8 heteroatoms. The summed E-state index contributed by atoms with van der Waals surface area (Å²) in [5, 5.41) is 5.73. The molecule has 3 aromatic rings. The van der Waals surface area contributed by atoms with Crippen molar-refractivity contribution >= 4 is 28.8 Å². The van der Waals surface area contributed by atoms with Gasteiger partial charge in [-0.3, -0.25) is 9.69 Å². The standard InChI is InChI=1S/C24H26ClN3O3S/c1-30-23-12-18(7-8-22(23)31-14-20-15-32-16-27-20)24(29)26-13-21(28-9-2-3-10-28)17-5-4-6-19(25)11-17/h4-8,11-12,15-16,21H,2-3,9-10,13-14H2,1H3,(H,26,29). The number of methoxy groups -OCH3 is 1. The quantitative estimate of drug-likeness (QED) is 0.478. The van der Waals surface area contributed by atoms with Gasteiger partial charge in [0.15, 0.2) is 11.5 Å². The van der Waals surface area contributed by atoms with Crippen molar-refractivity contribution in [2.75, 3.05) is 26.7 Å². The lowest BCUT2D eigenvalue weighted by Gasteiger charge is -2.28. The van der Waals surface area contributed by atoms with E-state index >= 15 is 0 Å². The second-order valence-electron chi connectivity index (χ2n) is 7.66. The molecule has 1 aliphatic heterocycles. The molecule has 1 aliphatic rings. The number of ether oxygens (including phenoxy) is 2. The number of carbonyl (C=O) groups is 1. The number of rotatable bonds is 9. The van der Waals surface area contributed by atoms with E-state index in [1.807, 2.05) is 23.6 Å². The van der Waals surface area contributed by atoms with Crippen molar-refractivity contribution in [3.05, 3.63) is 75.2 Å². The third-order valence-corrected chi connectivity index (χ3v) is 6.43. The summed E-state index contributed by atoms with van der Waals surface area (Å²) in [6.45, 7) is 2.89. The molecular formula is C24H26ClN3O3S. The van der Waals surface area contributed by atoms with Crippen LogP contribution in [0.2, 0.25) is 5.02 Å². The van der Waals surface area contributed by atoms with Crippen LogP contribution in [-0.4, -0.2) is 42.5 Å². The van der Waals surface area contributed by atoms with Crippen molar-refractivity contribution < 1.29 is 14.3 Å². The summed E-state index contributed by atoms with van der Waals surface area (Å²) in [5.41, 5.74) is 4.26. The van der Waals surface area contributed by atoms with Crippen LogP contribution in [0, 0.1) is 0 Å². The van der Waals surface area contributed by atoms with Gasteiger partial charge >= 0.3 is 0 Å². The van der Waals surface area contributed by atoms with E-state index in [1.54, 1.807) is 30.8 Å². The molecule has 0 bridgehead atoms. The van der Waals surface area contributed by atoms with E-state index in [4.69, 9.17) is 21.1 Å². The summed E-state index contributed by atoms with van der Waals surface area (Å²) >= 11 is 7.75. The second-order valence-corrected chi connectivity index (χ2v) is 8.81. The molecule has 168 valence electrons. The van der Waals surface area contributed by atoms with E-state index in [-0.39, 0.29) is 11.9 Å². The van der Waals surface area contributed by atoms with Gasteiger partial charge in [0.1, 0.15) is 6.61 Å². The van der Waals surface area contributed by atoms with Gasteiger partial charge in [-0.05, 0) is 61.8 Å². The first kappa shape index (κ1) is 22.6. The highest BCUT2D eigenvalue weighted by atomic mass is 35.5. The predicted octanol–water partition coefficient (Wildman–Crippen LogP) is 4.95. The molecule has 32 heavy (non-hydrogen) atoms. The van der Waals surface area contributed by atoms with E-state index in [0.717, 1.165) is 24.3 Å². The average Bonchev–Trinajstić information content (AvgIpc) is 3.52. The Balaban J connectivity index is 1.43. The monoisotopic (exact) mass is 471 g/mol. The van der Waals surface area contributed by atoms with Crippen LogP contribution in [-0.2, 0) is 6.61 Å². The summed E-state index contributed by atoms with van der Waals surface area (Å²) in [6.07, 6.45) is 2.34. The van der Waals surface area contributed by atoms with Crippen molar-refractivity contribution in [2.24, 2.45) is 0 Å². The fourth-order valence-corrected chi connectivity index (χ4v) is 4.65. The Labute approximate surface area is 197 Å². The van der Waals surface area contributed by atoms with Gasteiger partial charge in [-0.25, -0.2) is 4.98 Å². The average molecular weight is 472 g/mol. The minimum Gasteiger partial charge on any atom is -0.493 e. The first-order valence-electron chi connectivity index (χ1n) is 10.6. The van der Waals surface area contributed by atoms with Crippen LogP contribution in [0.4, 0.5) is 0 Å². The Morgan fingerprint density at radius 2 is 2.06 bits per heavy atom. The number of hydrogen-bond donors (Lipinski definition) is 1. The van der Waals surface area contributed by atoms with Crippen molar-refractivity contribution in [2.45, 2.75) is 25.5 Å². The summed E-state index contributed by atoms with van der Waals surface area (Å²) in [7, 11) is 1.56. The zero-order chi connectivity index (χ0) is 22.3. The molecule has 1 saturated heterocycles. The van der Waals surface area contributed by atoms with Crippen molar-refractivity contribution in [3.63, 3.8) is 0 Å². The molecule has 1 fully saturated rings. The molecule has 0 radical (unpaired) electrons. The fraction of sp³-hybridized carbons (Fsp3) is 0.333. The smallest absolute Gasteiger partial charge is 0.251 e. The highest BCUT2D eigenvalue weighted by molar-refractivity contribution is 7.07. The molecule has 6 nitrogen and oxygen atoms in total. The molecule has 1 atom stereocenters. The maximum atomic E-state index is 12.9. The molecule has 0 saturated carbocycles. The lowest BCUT2D eigenvalue weighted by Crippen LogP contribution is -2.36. The summed E-state index contributed by atoms with van der Waals surface area (Å²) in [4.78, 5) is 19.5. The van der Waals surface area contributed by atoms with Gasteiger partial charge in [0.25, 0.3) is 5.91 Å². The number of thiazole rings is 1. The molecule has 0 spiro atoms. The topological polar surface area (TPSA) is 63.7 Å². The van der Waals surface area contributed by atoms with Crippen molar-refractivity contribution in [1.29, 1.82) is 0 Å². The molecule has 2 heterocycles. The van der Waals surface area contributed by atoms with Crippen molar-refractivity contribution in [3.8, 4) is 11.5 Å². The van der Waals surface area contributed by atoms with Crippen molar-refractivity contribution in [1.82, 2.24) is 15.2 Å². The van der Waals surface area contributed by atoms with Gasteiger partial charge in [-0.2, -0.15) is 0 Å². The van der Waals surface area contributed by atoms with Crippen LogP contribution in [0.15, 0.2) is 53.4 Å². The van der Waals surface area contributed by atoms with Gasteiger partial charge in [-0.15, -0.1) is 11.3 Å². The van der Waals surface area contributed by atoms with Crippen LogP contribution in [0.1, 0.15) is 40.5 Å². The lowest BCUT2D eigenvalue weighted by molar-refractivity contribution is 0.0937. The maximum absolute atomic E-state index is 12.9. The largest absolute Gasteiger partial charge is 0.493 e. The van der Waals surface area contributed by atoms with E-state index < -0.39 is 0 Å². The number of carbonyl (C=O) groups excluding carboxylic acids is 1. The van der Waals surface area contributed by atoms with Crippen LogP contribution >= 0.6 is 22.9 Å². The first-order chi connectivity index (χ1) is 15.6. The maximum Gasteiger partial charge on any atom is 0.251 e. The Hall–Kier alpha value is -2.61. The fourth-order valence-electron chi connectivity index (χ4n) is 3.90. The molecule has 0 aliphatic carbocycles. The number of likely N-dealkylation sites (tertiary alicyclic amines) is 1. The molecule has 2 aromatic carbocycles. The molecule has 4 rings (SSSR count). The van der Waals surface area contributed by atoms with Crippen LogP contribution in [0.5, 0.6) is 11.5 Å². The number of aromatic nitrogens is 1. The number of hydrogen-bond acceptors (Lipinski definition) is 6. The Bertz CT molecular complexity index is 1040. The number of nitrogens with one attached hydrogen (secondary N) is 1. The Morgan fingerprint density at radius 3 is 2.78 bits per heavy atom. The van der Waals surface area contributed by atoms with Gasteiger partial charge in [0, 0.05) is 22.5 Å². The SMILES string of the molecule is COc1cc(C(=O)NCC(c2cccc(Cl)c2)N2CCCC2)ccc1OCc1cscn1. The number of benzene rings is 2. The predicted molar refractivity (Wildman–Crippen MR) is 127 cm³/mol. The van der Waals surface area contributed by atoms with Gasteiger partial charge in [0.2, 0.25) is 0 Å². The molecular weight excluding hydrogens is 446 g/mol. The third-order valence-electron chi connectivity index (χ3n) is 5.56. The second kappa shape index (κ2) is 10.8. The van der Waals surface area contributed by atoms with Crippen LogP contribution in [0.25, 0.3) is 0 Å². The summed E-state index contributed by atoms with van der Waals surface area (Å²) < 4.78 is 11.3. The van der Waals surface area contributed by atoms with Gasteiger partial charge in [-0.1, -0.05) is 23.7 Å². The number of amides is 1. The third kappa shape index (κ3) is 5.59. The van der Waals surface area contributed by atoms with E-state index in [2.05, 4.69) is 21.3 Å². The minimum absolute atomic E-state index is 0.0859. The van der Waals surface area contributed by atoms with Crippen LogP contribution < -0.4 is 14.8 Å². The molecule has 1 amide bonds. The van der Waals surface area contributed by atoms with E-state index in [9.17, 15) is 4.79 Å². The molecule has 1 unspecified atom stereocenters. The highest BCUT2D eigenvalue weighted by Gasteiger charge is 2.24. The molecule has 1 N–H and O–H groups in total. The van der Waals surface area contributed by atoms with Crippen LogP contribution in [0.3, 0.4) is 0 Å². The minimum atomic E-state index is -0.152. The normalized spacial score (nSPS) is 14.8. The lowest BCUT2D eigenvalue weighted by atomic mass is 10.1. The zero-order valence-electron chi connectivity index (χ0n) is 17.9. The number of nitrogens with zero attached hydrogens (tertiary/aromatic N) is 2. The summed E-state index contributed by atoms with van der Waals surface area (Å²) in [5.74, 6) is 0.935. The Kier molecular flexibility index (Phi) is 7.63. The summed E-state index contributed by atoms with van der Waals surface area (Å²) in [6, 6.07) is 13.2. The number of halogens is 1. The van der Waals surface area contributed by atoms with Gasteiger partial charge in [0.05, 0.1) is 24.4 Å². The van der Waals surface area contributed by atoms with E-state index in [0.29, 0.717) is 35.2 Å². The molecule has 1 aromatic heterocycles. The Morgan fingerprint density at radius 1 is 1.22 bits per heavy atom. The first-order valence-corrected chi connectivity index (χ1v) is 11.9. The highest BCUT2D eigenvalue weighted by Crippen LogP contribution is 2.30.